The third-order valence-electron chi connectivity index (χ3n) is 5.12. The van der Waals surface area contributed by atoms with Crippen molar-refractivity contribution < 1.29 is 18.0 Å². The van der Waals surface area contributed by atoms with Crippen LogP contribution in [0.3, 0.4) is 0 Å². The van der Waals surface area contributed by atoms with E-state index in [2.05, 4.69) is 5.32 Å². The highest BCUT2D eigenvalue weighted by molar-refractivity contribution is 7.89. The average Bonchev–Trinajstić information content (AvgIpc) is 2.75. The Hall–Kier alpha value is -2.42. The van der Waals surface area contributed by atoms with Gasteiger partial charge in [0.2, 0.25) is 21.8 Å². The number of carbonyl (C=O) groups excluding carboxylic acids is 2. The molecule has 2 aromatic rings. The summed E-state index contributed by atoms with van der Waals surface area (Å²) in [6.07, 6.45) is 0.371. The molecular formula is C23H30ClN3O4S. The van der Waals surface area contributed by atoms with Crippen LogP contribution in [0.25, 0.3) is 0 Å². The second-order valence-electron chi connectivity index (χ2n) is 7.51. The smallest absolute Gasteiger partial charge is 0.243 e. The van der Waals surface area contributed by atoms with Crippen molar-refractivity contribution in [3.8, 4) is 0 Å². The molecule has 1 atom stereocenters. The molecule has 1 N–H and O–H groups in total. The van der Waals surface area contributed by atoms with Gasteiger partial charge in [0.25, 0.3) is 0 Å². The third-order valence-corrected chi connectivity index (χ3v) is 7.31. The summed E-state index contributed by atoms with van der Waals surface area (Å²) in [4.78, 5) is 27.5. The Labute approximate surface area is 195 Å². The lowest BCUT2D eigenvalue weighted by Gasteiger charge is -2.32. The second-order valence-corrected chi connectivity index (χ2v) is 9.96. The summed E-state index contributed by atoms with van der Waals surface area (Å²) in [5.74, 6) is -0.777. The average molecular weight is 480 g/mol. The van der Waals surface area contributed by atoms with Crippen molar-refractivity contribution in [3.63, 3.8) is 0 Å². The molecule has 0 fully saturated rings. The van der Waals surface area contributed by atoms with Gasteiger partial charge in [-0.25, -0.2) is 8.42 Å². The zero-order chi connectivity index (χ0) is 23.9. The van der Waals surface area contributed by atoms with Gasteiger partial charge in [0.1, 0.15) is 6.04 Å². The molecule has 7 nitrogen and oxygen atoms in total. The van der Waals surface area contributed by atoms with E-state index in [0.717, 1.165) is 9.87 Å². The van der Waals surface area contributed by atoms with E-state index in [-0.39, 0.29) is 17.3 Å². The molecule has 32 heavy (non-hydrogen) atoms. The van der Waals surface area contributed by atoms with Crippen LogP contribution in [-0.4, -0.2) is 55.6 Å². The van der Waals surface area contributed by atoms with Crippen molar-refractivity contribution in [1.29, 1.82) is 0 Å². The predicted octanol–water partition coefficient (Wildman–Crippen LogP) is 3.21. The van der Waals surface area contributed by atoms with Gasteiger partial charge in [-0.05, 0) is 44.0 Å². The van der Waals surface area contributed by atoms with E-state index < -0.39 is 28.5 Å². The van der Waals surface area contributed by atoms with E-state index in [4.69, 9.17) is 11.6 Å². The lowest BCUT2D eigenvalue weighted by Crippen LogP contribution is -2.51. The molecule has 0 aromatic heterocycles. The minimum Gasteiger partial charge on any atom is -0.355 e. The number of halogens is 1. The predicted molar refractivity (Wildman–Crippen MR) is 126 cm³/mol. The molecule has 0 spiro atoms. The number of aryl methyl sites for hydroxylation is 1. The maximum atomic E-state index is 13.3. The Morgan fingerprint density at radius 2 is 1.69 bits per heavy atom. The number of carbonyl (C=O) groups is 2. The normalized spacial score (nSPS) is 12.4. The highest BCUT2D eigenvalue weighted by Gasteiger charge is 2.31. The van der Waals surface area contributed by atoms with E-state index in [0.29, 0.717) is 23.6 Å². The van der Waals surface area contributed by atoms with Crippen LogP contribution in [0.4, 0.5) is 0 Å². The Morgan fingerprint density at radius 3 is 2.25 bits per heavy atom. The van der Waals surface area contributed by atoms with Gasteiger partial charge < -0.3 is 10.2 Å². The first kappa shape index (κ1) is 25.8. The molecule has 0 aliphatic rings. The van der Waals surface area contributed by atoms with Gasteiger partial charge in [0.05, 0.1) is 11.4 Å². The van der Waals surface area contributed by atoms with Crippen molar-refractivity contribution in [2.24, 2.45) is 0 Å². The van der Waals surface area contributed by atoms with Crippen LogP contribution in [0, 0.1) is 6.92 Å². The Bertz CT molecular complexity index is 1040. The maximum absolute atomic E-state index is 13.3. The van der Waals surface area contributed by atoms with Crippen molar-refractivity contribution >= 4 is 33.4 Å². The van der Waals surface area contributed by atoms with E-state index in [1.165, 1.54) is 24.1 Å². The van der Waals surface area contributed by atoms with E-state index in [9.17, 15) is 18.0 Å². The van der Waals surface area contributed by atoms with Gasteiger partial charge >= 0.3 is 0 Å². The van der Waals surface area contributed by atoms with E-state index in [1.807, 2.05) is 6.92 Å². The summed E-state index contributed by atoms with van der Waals surface area (Å²) in [5, 5.41) is 3.22. The van der Waals surface area contributed by atoms with Crippen LogP contribution in [-0.2, 0) is 26.2 Å². The van der Waals surface area contributed by atoms with Crippen molar-refractivity contribution in [2.45, 2.75) is 44.7 Å². The number of hydrogen-bond donors (Lipinski definition) is 1. The van der Waals surface area contributed by atoms with Crippen molar-refractivity contribution in [1.82, 2.24) is 14.5 Å². The molecule has 2 aromatic carbocycles. The number of rotatable bonds is 10. The first-order valence-electron chi connectivity index (χ1n) is 10.4. The minimum absolute atomic E-state index is 0.0898. The molecule has 1 unspecified atom stereocenters. The summed E-state index contributed by atoms with van der Waals surface area (Å²) in [7, 11) is -2.51. The molecule has 0 bridgehead atoms. The SMILES string of the molecule is CCNC(=O)C(CC)N(Cc1ccccc1Cl)C(=O)CN(C)S(=O)(=O)c1ccc(C)cc1. The van der Waals surface area contributed by atoms with Crippen LogP contribution < -0.4 is 5.32 Å². The summed E-state index contributed by atoms with van der Waals surface area (Å²) in [6.45, 7) is 5.57. The molecule has 2 rings (SSSR count). The zero-order valence-corrected chi connectivity index (χ0v) is 20.4. The van der Waals surface area contributed by atoms with Gasteiger partial charge in [-0.1, -0.05) is 54.4 Å². The van der Waals surface area contributed by atoms with Crippen LogP contribution in [0.2, 0.25) is 5.02 Å². The van der Waals surface area contributed by atoms with Gasteiger partial charge in [-0.2, -0.15) is 4.31 Å². The largest absolute Gasteiger partial charge is 0.355 e. The molecule has 174 valence electrons. The standard InChI is InChI=1S/C23H30ClN3O4S/c1-5-21(23(29)25-6-2)27(15-18-9-7-8-10-20(18)24)22(28)16-26(4)32(30,31)19-13-11-17(3)12-14-19/h7-14,21H,5-6,15-16H2,1-4H3,(H,25,29). The molecule has 0 aliphatic heterocycles. The van der Waals surface area contributed by atoms with Crippen LogP contribution in [0.5, 0.6) is 0 Å². The fraction of sp³-hybridized carbons (Fsp3) is 0.391. The minimum atomic E-state index is -3.87. The number of hydrogen-bond acceptors (Lipinski definition) is 4. The fourth-order valence-electron chi connectivity index (χ4n) is 3.28. The summed E-state index contributed by atoms with van der Waals surface area (Å²) < 4.78 is 26.9. The number of likely N-dealkylation sites (N-methyl/N-ethyl adjacent to an activating group) is 2. The number of sulfonamides is 1. The fourth-order valence-corrected chi connectivity index (χ4v) is 4.59. The lowest BCUT2D eigenvalue weighted by molar-refractivity contribution is -0.141. The molecule has 2 amide bonds. The summed E-state index contributed by atoms with van der Waals surface area (Å²) in [5.41, 5.74) is 1.61. The van der Waals surface area contributed by atoms with Crippen LogP contribution in [0.15, 0.2) is 53.4 Å². The zero-order valence-electron chi connectivity index (χ0n) is 18.8. The van der Waals surface area contributed by atoms with Gasteiger partial charge in [-0.3, -0.25) is 9.59 Å². The number of benzene rings is 2. The summed E-state index contributed by atoms with van der Waals surface area (Å²) in [6, 6.07) is 12.7. The van der Waals surface area contributed by atoms with Crippen LogP contribution >= 0.6 is 11.6 Å². The van der Waals surface area contributed by atoms with Gasteiger partial charge in [0, 0.05) is 25.2 Å². The summed E-state index contributed by atoms with van der Waals surface area (Å²) >= 11 is 6.29. The first-order valence-corrected chi connectivity index (χ1v) is 12.3. The first-order chi connectivity index (χ1) is 15.1. The monoisotopic (exact) mass is 479 g/mol. The number of nitrogens with one attached hydrogen (secondary N) is 1. The molecule has 0 aliphatic carbocycles. The molecule has 0 radical (unpaired) electrons. The topological polar surface area (TPSA) is 86.8 Å². The highest BCUT2D eigenvalue weighted by atomic mass is 35.5. The van der Waals surface area contributed by atoms with Gasteiger partial charge in [-0.15, -0.1) is 0 Å². The lowest BCUT2D eigenvalue weighted by atomic mass is 10.1. The van der Waals surface area contributed by atoms with Crippen molar-refractivity contribution in [2.75, 3.05) is 20.1 Å². The number of amides is 2. The Balaban J connectivity index is 2.33. The number of nitrogens with zero attached hydrogens (tertiary/aromatic N) is 2. The second kappa shape index (κ2) is 11.4. The Kier molecular flexibility index (Phi) is 9.24. The Morgan fingerprint density at radius 1 is 1.06 bits per heavy atom. The van der Waals surface area contributed by atoms with E-state index in [1.54, 1.807) is 50.2 Å². The quantitative estimate of drug-likeness (QED) is 0.566. The van der Waals surface area contributed by atoms with Crippen molar-refractivity contribution in [3.05, 3.63) is 64.7 Å². The molecule has 0 saturated heterocycles. The molecule has 9 heteroatoms. The molecule has 0 saturated carbocycles. The van der Waals surface area contributed by atoms with Crippen LogP contribution in [0.1, 0.15) is 31.4 Å². The third kappa shape index (κ3) is 6.31. The maximum Gasteiger partial charge on any atom is 0.243 e. The molecule has 0 heterocycles. The molecular weight excluding hydrogens is 450 g/mol. The highest BCUT2D eigenvalue weighted by Crippen LogP contribution is 2.21. The van der Waals surface area contributed by atoms with Gasteiger partial charge in [0.15, 0.2) is 0 Å². The van der Waals surface area contributed by atoms with E-state index >= 15 is 0 Å².